The molecule has 0 unspecified atom stereocenters. The fraction of sp³-hybridized carbons (Fsp3) is 1.00. The first-order valence-electron chi connectivity index (χ1n) is 5.01. The summed E-state index contributed by atoms with van der Waals surface area (Å²) >= 11 is 0. The molecule has 0 aliphatic heterocycles. The van der Waals surface area contributed by atoms with Gasteiger partial charge in [0.05, 0.1) is 0 Å². The first-order chi connectivity index (χ1) is 5.36. The Hall–Kier alpha value is -0.0400. The molecule has 11 heavy (non-hydrogen) atoms. The Morgan fingerprint density at radius 3 is 2.55 bits per heavy atom. The molecule has 66 valence electrons. The summed E-state index contributed by atoms with van der Waals surface area (Å²) in [7, 11) is 2.04. The molecule has 0 atom stereocenters. The van der Waals surface area contributed by atoms with Crippen molar-refractivity contribution in [2.24, 2.45) is 11.8 Å². The highest BCUT2D eigenvalue weighted by atomic mass is 14.8. The average molecular weight is 155 g/mol. The zero-order valence-electron chi connectivity index (χ0n) is 7.90. The van der Waals surface area contributed by atoms with E-state index in [2.05, 4.69) is 12.2 Å². The zero-order chi connectivity index (χ0) is 8.10. The van der Waals surface area contributed by atoms with Gasteiger partial charge in [0.25, 0.3) is 0 Å². The van der Waals surface area contributed by atoms with Crippen molar-refractivity contribution < 1.29 is 0 Å². The largest absolute Gasteiger partial charge is 0.320 e. The molecule has 1 nitrogen and oxygen atoms in total. The number of nitrogens with one attached hydrogen (secondary N) is 1. The molecule has 0 aromatic heterocycles. The van der Waals surface area contributed by atoms with Crippen molar-refractivity contribution in [2.75, 3.05) is 13.6 Å². The van der Waals surface area contributed by atoms with Crippen LogP contribution >= 0.6 is 0 Å². The standard InChI is InChI=1S/C10H21N/c1-3-9-7-10(8-9)5-4-6-11-2/h9-11H,3-8H2,1-2H3. The summed E-state index contributed by atoms with van der Waals surface area (Å²) in [4.78, 5) is 0. The van der Waals surface area contributed by atoms with Crippen LogP contribution in [0.5, 0.6) is 0 Å². The molecule has 1 saturated carbocycles. The second-order valence-corrected chi connectivity index (χ2v) is 3.86. The van der Waals surface area contributed by atoms with Crippen LogP contribution in [0.15, 0.2) is 0 Å². The van der Waals surface area contributed by atoms with Gasteiger partial charge in [-0.15, -0.1) is 0 Å². The van der Waals surface area contributed by atoms with Crippen LogP contribution in [0, 0.1) is 11.8 Å². The van der Waals surface area contributed by atoms with Gasteiger partial charge >= 0.3 is 0 Å². The highest BCUT2D eigenvalue weighted by Gasteiger charge is 2.26. The number of hydrogen-bond donors (Lipinski definition) is 1. The summed E-state index contributed by atoms with van der Waals surface area (Å²) in [6.45, 7) is 3.52. The third-order valence-corrected chi connectivity index (χ3v) is 2.95. The summed E-state index contributed by atoms with van der Waals surface area (Å²) in [6, 6.07) is 0. The van der Waals surface area contributed by atoms with Crippen molar-refractivity contribution in [3.63, 3.8) is 0 Å². The predicted molar refractivity (Wildman–Crippen MR) is 49.7 cm³/mol. The monoisotopic (exact) mass is 155 g/mol. The summed E-state index contributed by atoms with van der Waals surface area (Å²) in [5.74, 6) is 2.16. The van der Waals surface area contributed by atoms with E-state index in [1.54, 1.807) is 0 Å². The van der Waals surface area contributed by atoms with Crippen LogP contribution in [-0.4, -0.2) is 13.6 Å². The molecule has 0 spiro atoms. The zero-order valence-corrected chi connectivity index (χ0v) is 7.90. The number of rotatable bonds is 5. The minimum absolute atomic E-state index is 1.08. The van der Waals surface area contributed by atoms with Crippen molar-refractivity contribution >= 4 is 0 Å². The topological polar surface area (TPSA) is 12.0 Å². The Labute approximate surface area is 70.6 Å². The lowest BCUT2D eigenvalue weighted by molar-refractivity contribution is 0.174. The first kappa shape index (κ1) is 9.05. The maximum Gasteiger partial charge on any atom is -0.00518 e. The molecular formula is C10H21N. The van der Waals surface area contributed by atoms with E-state index in [0.29, 0.717) is 0 Å². The van der Waals surface area contributed by atoms with E-state index in [4.69, 9.17) is 0 Å². The van der Waals surface area contributed by atoms with Gasteiger partial charge < -0.3 is 5.32 Å². The molecule has 1 heteroatoms. The van der Waals surface area contributed by atoms with E-state index in [9.17, 15) is 0 Å². The molecule has 0 radical (unpaired) electrons. The second-order valence-electron chi connectivity index (χ2n) is 3.86. The fourth-order valence-electron chi connectivity index (χ4n) is 2.01. The van der Waals surface area contributed by atoms with Gasteiger partial charge in [0, 0.05) is 0 Å². The normalized spacial score (nSPS) is 30.0. The van der Waals surface area contributed by atoms with Crippen molar-refractivity contribution in [2.45, 2.75) is 39.0 Å². The Morgan fingerprint density at radius 2 is 2.00 bits per heavy atom. The minimum Gasteiger partial charge on any atom is -0.320 e. The molecule has 1 rings (SSSR count). The van der Waals surface area contributed by atoms with Gasteiger partial charge in [-0.05, 0) is 51.1 Å². The minimum atomic E-state index is 1.08. The fourth-order valence-corrected chi connectivity index (χ4v) is 2.01. The third kappa shape index (κ3) is 2.82. The molecule has 0 aromatic carbocycles. The van der Waals surface area contributed by atoms with E-state index >= 15 is 0 Å². The van der Waals surface area contributed by atoms with Gasteiger partial charge in [0.15, 0.2) is 0 Å². The van der Waals surface area contributed by atoms with Crippen molar-refractivity contribution in [1.29, 1.82) is 0 Å². The van der Waals surface area contributed by atoms with Crippen LogP contribution in [-0.2, 0) is 0 Å². The Bertz CT molecular complexity index is 95.0. The van der Waals surface area contributed by atoms with E-state index in [0.717, 1.165) is 11.8 Å². The maximum atomic E-state index is 3.20. The van der Waals surface area contributed by atoms with Crippen molar-refractivity contribution in [3.8, 4) is 0 Å². The SMILES string of the molecule is CCC1CC(CCCNC)C1. The molecular weight excluding hydrogens is 134 g/mol. The summed E-state index contributed by atoms with van der Waals surface area (Å²) in [5.41, 5.74) is 0. The van der Waals surface area contributed by atoms with E-state index in [1.807, 2.05) is 7.05 Å². The van der Waals surface area contributed by atoms with E-state index < -0.39 is 0 Å². The lowest BCUT2D eigenvalue weighted by atomic mass is 9.72. The van der Waals surface area contributed by atoms with Gasteiger partial charge in [-0.1, -0.05) is 13.3 Å². The maximum absolute atomic E-state index is 3.20. The van der Waals surface area contributed by atoms with Gasteiger partial charge in [0.1, 0.15) is 0 Å². The highest BCUT2D eigenvalue weighted by Crippen LogP contribution is 2.38. The molecule has 1 aliphatic rings. The summed E-state index contributed by atoms with van der Waals surface area (Å²) < 4.78 is 0. The van der Waals surface area contributed by atoms with Crippen LogP contribution in [0.3, 0.4) is 0 Å². The predicted octanol–water partition coefficient (Wildman–Crippen LogP) is 2.42. The lowest BCUT2D eigenvalue weighted by Gasteiger charge is -2.34. The van der Waals surface area contributed by atoms with Crippen molar-refractivity contribution in [1.82, 2.24) is 5.32 Å². The molecule has 0 heterocycles. The molecule has 1 fully saturated rings. The highest BCUT2D eigenvalue weighted by molar-refractivity contribution is 4.78. The van der Waals surface area contributed by atoms with Gasteiger partial charge in [-0.3, -0.25) is 0 Å². The van der Waals surface area contributed by atoms with Crippen molar-refractivity contribution in [3.05, 3.63) is 0 Å². The second kappa shape index (κ2) is 4.76. The van der Waals surface area contributed by atoms with Crippen LogP contribution in [0.4, 0.5) is 0 Å². The Morgan fingerprint density at radius 1 is 1.27 bits per heavy atom. The van der Waals surface area contributed by atoms with Crippen LogP contribution in [0.1, 0.15) is 39.0 Å². The molecule has 0 bridgehead atoms. The number of hydrogen-bond acceptors (Lipinski definition) is 1. The van der Waals surface area contributed by atoms with Gasteiger partial charge in [-0.2, -0.15) is 0 Å². The summed E-state index contributed by atoms with van der Waals surface area (Å²) in [5, 5.41) is 3.20. The molecule has 0 aromatic rings. The first-order valence-corrected chi connectivity index (χ1v) is 5.01. The van der Waals surface area contributed by atoms with E-state index in [1.165, 1.54) is 38.6 Å². The van der Waals surface area contributed by atoms with Gasteiger partial charge in [-0.25, -0.2) is 0 Å². The quantitative estimate of drug-likeness (QED) is 0.601. The summed E-state index contributed by atoms with van der Waals surface area (Å²) in [6.07, 6.45) is 7.26. The molecule has 0 amide bonds. The van der Waals surface area contributed by atoms with Crippen LogP contribution < -0.4 is 5.32 Å². The Kier molecular flexibility index (Phi) is 3.92. The van der Waals surface area contributed by atoms with Crippen LogP contribution in [0.2, 0.25) is 0 Å². The lowest BCUT2D eigenvalue weighted by Crippen LogP contribution is -2.23. The smallest absolute Gasteiger partial charge is 0.00518 e. The molecule has 1 N–H and O–H groups in total. The average Bonchev–Trinajstić information content (AvgIpc) is 1.94. The molecule has 0 saturated heterocycles. The Balaban J connectivity index is 1.88. The third-order valence-electron chi connectivity index (χ3n) is 2.95. The van der Waals surface area contributed by atoms with E-state index in [-0.39, 0.29) is 0 Å². The molecule has 1 aliphatic carbocycles. The van der Waals surface area contributed by atoms with Gasteiger partial charge in [0.2, 0.25) is 0 Å². The van der Waals surface area contributed by atoms with Crippen LogP contribution in [0.25, 0.3) is 0 Å².